The molecule has 0 aromatic carbocycles. The van der Waals surface area contributed by atoms with Crippen LogP contribution in [0.4, 0.5) is 0 Å². The van der Waals surface area contributed by atoms with Crippen molar-refractivity contribution in [1.29, 1.82) is 0 Å². The van der Waals surface area contributed by atoms with Gasteiger partial charge in [0.05, 0.1) is 24.9 Å². The Morgan fingerprint density at radius 3 is 2.51 bits per heavy atom. The lowest BCUT2D eigenvalue weighted by molar-refractivity contribution is -0.204. The van der Waals surface area contributed by atoms with E-state index in [1.807, 2.05) is 19.9 Å². The topological polar surface area (TPSA) is 91.3 Å². The number of hydrogen-bond donors (Lipinski definition) is 1. The SMILES string of the molecule is CCCCCCCC(=O)O[C@@H]1C[C@@H](O)/C(C)=C\[C@@H]2O[C@H]3[C@H]4[C@@H](C[C@@H](C)[C@@H](OC(C)=O)[C@H]42)[C@@H](C)CO[C@@]13C. The van der Waals surface area contributed by atoms with E-state index in [-0.39, 0.29) is 60.3 Å². The van der Waals surface area contributed by atoms with Crippen molar-refractivity contribution in [2.24, 2.45) is 29.6 Å². The first-order valence-electron chi connectivity index (χ1n) is 14.6. The van der Waals surface area contributed by atoms with E-state index in [0.717, 1.165) is 37.7 Å². The molecule has 37 heavy (non-hydrogen) atoms. The monoisotopic (exact) mass is 520 g/mol. The third-order valence-electron chi connectivity index (χ3n) is 9.60. The number of ether oxygens (including phenoxy) is 4. The minimum Gasteiger partial charge on any atom is -0.462 e. The van der Waals surface area contributed by atoms with E-state index < -0.39 is 17.8 Å². The van der Waals surface area contributed by atoms with E-state index in [4.69, 9.17) is 18.9 Å². The number of unbranched alkanes of at least 4 members (excludes halogenated alkanes) is 4. The molecule has 0 unspecified atom stereocenters. The maximum Gasteiger partial charge on any atom is 0.306 e. The van der Waals surface area contributed by atoms with Gasteiger partial charge in [-0.05, 0) is 50.0 Å². The molecule has 2 bridgehead atoms. The van der Waals surface area contributed by atoms with Gasteiger partial charge in [0.1, 0.15) is 17.8 Å². The Hall–Kier alpha value is -1.44. The van der Waals surface area contributed by atoms with Gasteiger partial charge in [0.2, 0.25) is 0 Å². The third-order valence-corrected chi connectivity index (χ3v) is 9.60. The Bertz CT molecular complexity index is 855. The second kappa shape index (κ2) is 11.7. The first-order valence-corrected chi connectivity index (χ1v) is 14.6. The summed E-state index contributed by atoms with van der Waals surface area (Å²) in [4.78, 5) is 25.1. The molecule has 0 radical (unpaired) electrons. The van der Waals surface area contributed by atoms with E-state index >= 15 is 0 Å². The van der Waals surface area contributed by atoms with Crippen LogP contribution in [0.5, 0.6) is 0 Å². The molecule has 4 rings (SSSR count). The standard InChI is InChI=1S/C30H48O7/c1-7-8-9-10-11-12-25(33)37-24-15-22(32)17(2)14-23-27-26-21(13-18(3)28(27)35-20(5)31)19(4)16-34-30(24,6)29(26)36-23/h14,18-19,21-24,26-29,32H,7-13,15-16H2,1-6H3/b17-14-/t18-,19+,21+,22-,23+,24-,26+,27+,28-,29+,30+/m1/s1. The molecule has 11 atom stereocenters. The van der Waals surface area contributed by atoms with Crippen molar-refractivity contribution in [3.63, 3.8) is 0 Å². The highest BCUT2D eigenvalue weighted by molar-refractivity contribution is 5.69. The second-order valence-corrected chi connectivity index (χ2v) is 12.4. The normalized spacial score (nSPS) is 44.5. The Balaban J connectivity index is 1.67. The quantitative estimate of drug-likeness (QED) is 0.274. The van der Waals surface area contributed by atoms with E-state index in [1.165, 1.54) is 13.3 Å². The van der Waals surface area contributed by atoms with Crippen LogP contribution in [0.1, 0.15) is 92.9 Å². The molecule has 4 aliphatic rings. The van der Waals surface area contributed by atoms with Crippen molar-refractivity contribution in [1.82, 2.24) is 0 Å². The molecule has 3 aliphatic heterocycles. The largest absolute Gasteiger partial charge is 0.462 e. The summed E-state index contributed by atoms with van der Waals surface area (Å²) in [5, 5.41) is 11.2. The molecule has 0 aromatic rings. The fraction of sp³-hybridized carbons (Fsp3) is 0.867. The summed E-state index contributed by atoms with van der Waals surface area (Å²) in [6.45, 7) is 12.5. The molecule has 7 nitrogen and oxygen atoms in total. The number of carbonyl (C=O) groups is 2. The molecular formula is C30H48O7. The Kier molecular flexibility index (Phi) is 9.07. The van der Waals surface area contributed by atoms with E-state index in [2.05, 4.69) is 20.8 Å². The number of hydrogen-bond acceptors (Lipinski definition) is 7. The first-order chi connectivity index (χ1) is 17.6. The zero-order chi connectivity index (χ0) is 26.9. The highest BCUT2D eigenvalue weighted by Gasteiger charge is 2.65. The number of aliphatic hydroxyl groups excluding tert-OH is 1. The van der Waals surface area contributed by atoms with Crippen LogP contribution in [0.3, 0.4) is 0 Å². The van der Waals surface area contributed by atoms with Crippen molar-refractivity contribution in [2.75, 3.05) is 6.61 Å². The van der Waals surface area contributed by atoms with Crippen LogP contribution < -0.4 is 0 Å². The minimum atomic E-state index is -0.917. The van der Waals surface area contributed by atoms with Gasteiger partial charge < -0.3 is 24.1 Å². The molecule has 2 saturated heterocycles. The molecule has 1 aliphatic carbocycles. The van der Waals surface area contributed by atoms with Gasteiger partial charge in [0.25, 0.3) is 0 Å². The molecule has 0 amide bonds. The average Bonchev–Trinajstić information content (AvgIpc) is 3.18. The molecule has 0 spiro atoms. The molecule has 1 saturated carbocycles. The van der Waals surface area contributed by atoms with Crippen LogP contribution in [0.25, 0.3) is 0 Å². The zero-order valence-electron chi connectivity index (χ0n) is 23.6. The predicted octanol–water partition coefficient (Wildman–Crippen LogP) is 4.98. The Morgan fingerprint density at radius 2 is 1.81 bits per heavy atom. The lowest BCUT2D eigenvalue weighted by atomic mass is 9.59. The highest BCUT2D eigenvalue weighted by atomic mass is 16.6. The van der Waals surface area contributed by atoms with E-state index in [1.54, 1.807) is 0 Å². The Labute approximate surface area is 222 Å². The lowest BCUT2D eigenvalue weighted by Crippen LogP contribution is -2.57. The van der Waals surface area contributed by atoms with Crippen LogP contribution in [0.2, 0.25) is 0 Å². The van der Waals surface area contributed by atoms with Gasteiger partial charge in [0.15, 0.2) is 0 Å². The minimum absolute atomic E-state index is 0.0405. The molecule has 7 heteroatoms. The van der Waals surface area contributed by atoms with Gasteiger partial charge in [0, 0.05) is 31.6 Å². The fourth-order valence-electron chi connectivity index (χ4n) is 7.49. The average molecular weight is 521 g/mol. The summed E-state index contributed by atoms with van der Waals surface area (Å²) in [7, 11) is 0. The molecule has 1 N–H and O–H groups in total. The van der Waals surface area contributed by atoms with Crippen LogP contribution in [0.15, 0.2) is 11.6 Å². The van der Waals surface area contributed by atoms with Crippen LogP contribution in [-0.2, 0) is 28.5 Å². The first kappa shape index (κ1) is 28.6. The molecule has 3 heterocycles. The van der Waals surface area contributed by atoms with Gasteiger partial charge >= 0.3 is 11.9 Å². The van der Waals surface area contributed by atoms with Crippen LogP contribution >= 0.6 is 0 Å². The third kappa shape index (κ3) is 5.79. The number of carbonyl (C=O) groups excluding carboxylic acids is 2. The molecule has 3 fully saturated rings. The summed E-state index contributed by atoms with van der Waals surface area (Å²) in [5.41, 5.74) is -0.128. The highest BCUT2D eigenvalue weighted by Crippen LogP contribution is 2.57. The van der Waals surface area contributed by atoms with Gasteiger partial charge in [-0.15, -0.1) is 0 Å². The summed E-state index contributed by atoms with van der Waals surface area (Å²) >= 11 is 0. The van der Waals surface area contributed by atoms with Crippen molar-refractivity contribution >= 4 is 11.9 Å². The Morgan fingerprint density at radius 1 is 1.08 bits per heavy atom. The van der Waals surface area contributed by atoms with Gasteiger partial charge in [-0.2, -0.15) is 0 Å². The van der Waals surface area contributed by atoms with Gasteiger partial charge in [-0.1, -0.05) is 52.5 Å². The number of rotatable bonds is 8. The van der Waals surface area contributed by atoms with Crippen molar-refractivity contribution in [3.8, 4) is 0 Å². The van der Waals surface area contributed by atoms with E-state index in [0.29, 0.717) is 18.9 Å². The summed E-state index contributed by atoms with van der Waals surface area (Å²) in [5.74, 6) is 0.354. The summed E-state index contributed by atoms with van der Waals surface area (Å²) in [6, 6.07) is 0. The van der Waals surface area contributed by atoms with Crippen molar-refractivity contribution in [2.45, 2.75) is 129 Å². The van der Waals surface area contributed by atoms with Gasteiger partial charge in [-0.3, -0.25) is 9.59 Å². The maximum absolute atomic E-state index is 13.0. The van der Waals surface area contributed by atoms with E-state index in [9.17, 15) is 14.7 Å². The van der Waals surface area contributed by atoms with Crippen LogP contribution in [0, 0.1) is 29.6 Å². The summed E-state index contributed by atoms with van der Waals surface area (Å²) in [6.07, 6.45) is 6.52. The molecule has 210 valence electrons. The van der Waals surface area contributed by atoms with Crippen molar-refractivity contribution < 1.29 is 33.6 Å². The summed E-state index contributed by atoms with van der Waals surface area (Å²) < 4.78 is 25.6. The maximum atomic E-state index is 13.0. The van der Waals surface area contributed by atoms with Crippen LogP contribution in [-0.4, -0.2) is 59.8 Å². The number of aliphatic hydroxyl groups is 1. The fourth-order valence-corrected chi connectivity index (χ4v) is 7.49. The smallest absolute Gasteiger partial charge is 0.306 e. The molecular weight excluding hydrogens is 472 g/mol. The number of fused-ring (bicyclic) bond motifs is 2. The van der Waals surface area contributed by atoms with Crippen molar-refractivity contribution in [3.05, 3.63) is 11.6 Å². The van der Waals surface area contributed by atoms with Gasteiger partial charge in [-0.25, -0.2) is 0 Å². The second-order valence-electron chi connectivity index (χ2n) is 12.4. The predicted molar refractivity (Wildman–Crippen MR) is 140 cm³/mol. The molecule has 0 aromatic heterocycles. The zero-order valence-corrected chi connectivity index (χ0v) is 23.6. The lowest BCUT2D eigenvalue weighted by Gasteiger charge is -2.47. The number of esters is 2.